The maximum Gasteiger partial charge on any atom is 0.266 e. The van der Waals surface area contributed by atoms with Crippen LogP contribution in [0, 0.1) is 11.3 Å². The van der Waals surface area contributed by atoms with Gasteiger partial charge in [0.15, 0.2) is 29.8 Å². The highest BCUT2D eigenvalue weighted by molar-refractivity contribution is 7.44. The summed E-state index contributed by atoms with van der Waals surface area (Å²) in [5.74, 6) is 1.90. The normalized spacial score (nSPS) is 17.2. The summed E-state index contributed by atoms with van der Waals surface area (Å²) in [6.45, 7) is 8.41. The number of hydrogen-bond acceptors (Lipinski definition) is 14. The number of para-hydroxylation sites is 1. The van der Waals surface area contributed by atoms with Crippen LogP contribution in [0.25, 0.3) is 11.2 Å². The molecule has 7 aromatic rings. The second-order valence-corrected chi connectivity index (χ2v) is 19.2. The highest BCUT2D eigenvalue weighted by atomic mass is 31.2. The molecular weight excluding hydrogens is 946 g/mol. The van der Waals surface area contributed by atoms with Crippen molar-refractivity contribution in [3.8, 4) is 23.3 Å². The molecule has 1 amide bonds. The minimum atomic E-state index is -1.81. The van der Waals surface area contributed by atoms with Crippen LogP contribution in [0.4, 0.5) is 5.82 Å². The largest absolute Gasteiger partial charge is 0.497 e. The molecule has 3 unspecified atom stereocenters. The third kappa shape index (κ3) is 11.9. The SMILES string of the molecule is COc1ccc(C(OC[C@H]2O[C@@H](n3cnc4c(N(Cc5ccccc5)C(=O)COc5ccccc5)ncnc43)C(OC)C2OP(OCCC#N)N(C(C)C)C(C)C)(c2ccccc2)c2ccc(OC)cc2)cc1. The van der Waals surface area contributed by atoms with E-state index in [1.807, 2.05) is 127 Å². The Morgan fingerprint density at radius 2 is 1.34 bits per heavy atom. The number of rotatable bonds is 24. The van der Waals surface area contributed by atoms with Gasteiger partial charge in [0.05, 0.1) is 52.8 Å². The van der Waals surface area contributed by atoms with Crippen LogP contribution in [0.3, 0.4) is 0 Å². The van der Waals surface area contributed by atoms with Crippen LogP contribution in [0.2, 0.25) is 0 Å². The molecule has 5 aromatic carbocycles. The van der Waals surface area contributed by atoms with E-state index in [2.05, 4.69) is 43.4 Å². The molecule has 0 spiro atoms. The van der Waals surface area contributed by atoms with E-state index in [9.17, 15) is 10.1 Å². The van der Waals surface area contributed by atoms with Crippen molar-refractivity contribution >= 4 is 31.4 Å². The summed E-state index contributed by atoms with van der Waals surface area (Å²) >= 11 is 0. The van der Waals surface area contributed by atoms with Crippen molar-refractivity contribution in [1.29, 1.82) is 5.26 Å². The number of hydrogen-bond donors (Lipinski definition) is 0. The van der Waals surface area contributed by atoms with E-state index < -0.39 is 38.7 Å². The van der Waals surface area contributed by atoms with Crippen LogP contribution in [0.5, 0.6) is 17.2 Å². The zero-order valence-electron chi connectivity index (χ0n) is 42.2. The Hall–Kier alpha value is -6.80. The van der Waals surface area contributed by atoms with E-state index in [1.165, 1.54) is 6.33 Å². The maximum absolute atomic E-state index is 14.3. The first-order chi connectivity index (χ1) is 35.6. The fraction of sp³-hybridized carbons (Fsp3) is 0.339. The van der Waals surface area contributed by atoms with E-state index in [1.54, 1.807) is 49.3 Å². The number of ether oxygens (including phenoxy) is 6. The first kappa shape index (κ1) is 52.5. The number of methoxy groups -OCH3 is 3. The number of imidazole rings is 1. The van der Waals surface area contributed by atoms with Crippen LogP contribution in [0.1, 0.15) is 62.6 Å². The Labute approximate surface area is 428 Å². The number of amides is 1. The lowest BCUT2D eigenvalue weighted by Gasteiger charge is -2.39. The first-order valence-corrected chi connectivity index (χ1v) is 25.3. The van der Waals surface area contributed by atoms with E-state index in [0.29, 0.717) is 34.2 Å². The summed E-state index contributed by atoms with van der Waals surface area (Å²) in [5.41, 5.74) is 2.96. The average molecular weight is 1010 g/mol. The van der Waals surface area contributed by atoms with E-state index in [4.69, 9.17) is 47.4 Å². The summed E-state index contributed by atoms with van der Waals surface area (Å²) in [6.07, 6.45) is -0.136. The Kier molecular flexibility index (Phi) is 17.8. The minimum absolute atomic E-state index is 0.00485. The Bertz CT molecular complexity index is 2820. The third-order valence-corrected chi connectivity index (χ3v) is 14.7. The molecule has 0 radical (unpaired) electrons. The second-order valence-electron chi connectivity index (χ2n) is 17.8. The van der Waals surface area contributed by atoms with Crippen molar-refractivity contribution in [1.82, 2.24) is 24.2 Å². The van der Waals surface area contributed by atoms with Crippen molar-refractivity contribution in [3.05, 3.63) is 174 Å². The summed E-state index contributed by atoms with van der Waals surface area (Å²) in [4.78, 5) is 30.1. The number of anilines is 1. The van der Waals surface area contributed by atoms with Crippen LogP contribution in [0.15, 0.2) is 152 Å². The third-order valence-electron chi connectivity index (χ3n) is 12.5. The van der Waals surface area contributed by atoms with Crippen molar-refractivity contribution in [2.24, 2.45) is 0 Å². The number of nitrogens with zero attached hydrogens (tertiary/aromatic N) is 7. The molecule has 0 aliphatic carbocycles. The van der Waals surface area contributed by atoms with Gasteiger partial charge >= 0.3 is 0 Å². The number of fused-ring (bicyclic) bond motifs is 1. The number of benzene rings is 5. The molecule has 380 valence electrons. The molecule has 5 atom stereocenters. The van der Waals surface area contributed by atoms with Gasteiger partial charge in [0.2, 0.25) is 0 Å². The molecule has 73 heavy (non-hydrogen) atoms. The van der Waals surface area contributed by atoms with Gasteiger partial charge in [0.1, 0.15) is 47.5 Å². The van der Waals surface area contributed by atoms with E-state index >= 15 is 0 Å². The van der Waals surface area contributed by atoms with Crippen LogP contribution in [-0.2, 0) is 40.2 Å². The molecule has 17 heteroatoms. The van der Waals surface area contributed by atoms with Crippen molar-refractivity contribution in [2.75, 3.05) is 46.0 Å². The summed E-state index contributed by atoms with van der Waals surface area (Å²) in [6, 6.07) is 46.7. The van der Waals surface area contributed by atoms with Gasteiger partial charge < -0.3 is 37.5 Å². The molecule has 0 bridgehead atoms. The predicted octanol–water partition coefficient (Wildman–Crippen LogP) is 10.0. The monoisotopic (exact) mass is 1010 g/mol. The standard InChI is InChI=1S/C56H62N7O9P/c1-39(2)63(40(3)4)73(70-33-17-32-57)72-51-48(35-69-56(42-20-13-9-14-21-42,43-24-28-45(65-5)29-25-43)44-26-30-46(66-6)31-27-44)71-55(52(51)67-7)62-38-60-50-53(58-37-59-54(50)62)61(34-41-18-11-8-12-19-41)49(64)36-68-47-22-15-10-16-23-47/h8-16,18-31,37-40,48,51-52,55H,17,33-36H2,1-7H3/t48-,51?,52?,55-,73?/m1/s1. The predicted molar refractivity (Wildman–Crippen MR) is 278 cm³/mol. The number of carbonyl (C=O) groups excluding carboxylic acids is 1. The van der Waals surface area contributed by atoms with Crippen LogP contribution >= 0.6 is 8.53 Å². The maximum atomic E-state index is 14.3. The van der Waals surface area contributed by atoms with Gasteiger partial charge in [0.25, 0.3) is 14.4 Å². The molecule has 2 aromatic heterocycles. The highest BCUT2D eigenvalue weighted by Crippen LogP contribution is 2.51. The fourth-order valence-electron chi connectivity index (χ4n) is 9.13. The molecule has 0 N–H and O–H groups in total. The Morgan fingerprint density at radius 3 is 1.92 bits per heavy atom. The van der Waals surface area contributed by atoms with Gasteiger partial charge in [-0.3, -0.25) is 14.3 Å². The molecular formula is C56H62N7O9P. The molecule has 0 saturated carbocycles. The van der Waals surface area contributed by atoms with Crippen molar-refractivity contribution in [2.45, 2.75) is 82.9 Å². The summed E-state index contributed by atoms with van der Waals surface area (Å²) in [7, 11) is 3.07. The molecule has 1 fully saturated rings. The van der Waals surface area contributed by atoms with Gasteiger partial charge in [-0.1, -0.05) is 103 Å². The fourth-order valence-corrected chi connectivity index (χ4v) is 10.9. The number of carbonyl (C=O) groups is 1. The van der Waals surface area contributed by atoms with Crippen LogP contribution in [-0.4, -0.2) is 102 Å². The lowest BCUT2D eigenvalue weighted by molar-refractivity contribution is -0.120. The first-order valence-electron chi connectivity index (χ1n) is 24.2. The van der Waals surface area contributed by atoms with Gasteiger partial charge in [0, 0.05) is 19.2 Å². The summed E-state index contributed by atoms with van der Waals surface area (Å²) < 4.78 is 56.0. The number of aromatic nitrogens is 4. The average Bonchev–Trinajstić information content (AvgIpc) is 4.02. The Balaban J connectivity index is 1.22. The van der Waals surface area contributed by atoms with E-state index in [0.717, 1.165) is 22.3 Å². The lowest BCUT2D eigenvalue weighted by Crippen LogP contribution is -2.42. The molecule has 1 aliphatic heterocycles. The van der Waals surface area contributed by atoms with Crippen molar-refractivity contribution < 1.29 is 42.3 Å². The summed E-state index contributed by atoms with van der Waals surface area (Å²) in [5, 5.41) is 9.59. The quantitative estimate of drug-likeness (QED) is 0.0319. The highest BCUT2D eigenvalue weighted by Gasteiger charge is 2.51. The van der Waals surface area contributed by atoms with Gasteiger partial charge in [-0.15, -0.1) is 0 Å². The smallest absolute Gasteiger partial charge is 0.266 e. The lowest BCUT2D eigenvalue weighted by atomic mass is 9.80. The Morgan fingerprint density at radius 1 is 0.753 bits per heavy atom. The molecule has 16 nitrogen and oxygen atoms in total. The molecule has 1 aliphatic rings. The second kappa shape index (κ2) is 24.8. The van der Waals surface area contributed by atoms with Gasteiger partial charge in [-0.25, -0.2) is 19.6 Å². The van der Waals surface area contributed by atoms with Gasteiger partial charge in [-0.2, -0.15) is 5.26 Å². The topological polar surface area (TPSA) is 165 Å². The van der Waals surface area contributed by atoms with Crippen molar-refractivity contribution in [3.63, 3.8) is 0 Å². The number of nitriles is 1. The van der Waals surface area contributed by atoms with Gasteiger partial charge in [-0.05, 0) is 86.3 Å². The van der Waals surface area contributed by atoms with Crippen LogP contribution < -0.4 is 19.1 Å². The van der Waals surface area contributed by atoms with E-state index in [-0.39, 0.29) is 50.8 Å². The molecule has 1 saturated heterocycles. The molecule has 3 heterocycles. The zero-order chi connectivity index (χ0) is 51.3. The molecule has 8 rings (SSSR count). The minimum Gasteiger partial charge on any atom is -0.497 e. The zero-order valence-corrected chi connectivity index (χ0v) is 43.1.